The standard InChI is InChI=1S/C52H33N3/c1-2-12-38(13-3-1)51-54-49(37-25-20-34(21-26-37)42-16-10-28-53-33-42)32-50(55-51)41-27-24-36-23-22-35-11-6-8-18-45(35)52(47(36)31-41)46-19-9-7-17-43(46)44-29-39-14-4-5-15-40(39)30-48(44)52/h1-33H. The van der Waals surface area contributed by atoms with E-state index in [0.29, 0.717) is 5.82 Å². The largest absolute Gasteiger partial charge is 0.264 e. The maximum absolute atomic E-state index is 5.29. The summed E-state index contributed by atoms with van der Waals surface area (Å²) in [6, 6.07) is 63.4. The van der Waals surface area contributed by atoms with E-state index in [4.69, 9.17) is 9.97 Å². The number of fused-ring (bicyclic) bond motifs is 10. The highest BCUT2D eigenvalue weighted by Crippen LogP contribution is 2.59. The summed E-state index contributed by atoms with van der Waals surface area (Å²) in [6.45, 7) is 0. The molecule has 1 atom stereocenters. The van der Waals surface area contributed by atoms with Crippen LogP contribution in [0.15, 0.2) is 188 Å². The Hall–Kier alpha value is -7.23. The Morgan fingerprint density at radius 3 is 1.80 bits per heavy atom. The molecule has 2 heterocycles. The molecule has 0 bridgehead atoms. The molecule has 1 spiro atoms. The van der Waals surface area contributed by atoms with Gasteiger partial charge in [0.25, 0.3) is 0 Å². The Morgan fingerprint density at radius 1 is 0.364 bits per heavy atom. The molecular weight excluding hydrogens is 667 g/mol. The van der Waals surface area contributed by atoms with Crippen LogP contribution in [-0.4, -0.2) is 15.0 Å². The van der Waals surface area contributed by atoms with Gasteiger partial charge in [-0.15, -0.1) is 0 Å². The molecule has 0 saturated carbocycles. The molecule has 2 aliphatic carbocycles. The average Bonchev–Trinajstić information content (AvgIpc) is 3.45. The van der Waals surface area contributed by atoms with Crippen molar-refractivity contribution >= 4 is 22.9 Å². The van der Waals surface area contributed by atoms with Gasteiger partial charge in [0.2, 0.25) is 0 Å². The molecule has 1 unspecified atom stereocenters. The van der Waals surface area contributed by atoms with Gasteiger partial charge in [0.05, 0.1) is 16.8 Å². The van der Waals surface area contributed by atoms with Gasteiger partial charge in [-0.2, -0.15) is 0 Å². The molecule has 0 amide bonds. The first-order valence-corrected chi connectivity index (χ1v) is 18.7. The van der Waals surface area contributed by atoms with Crippen molar-refractivity contribution in [3.8, 4) is 56.2 Å². The summed E-state index contributed by atoms with van der Waals surface area (Å²) in [5.74, 6) is 0.697. The van der Waals surface area contributed by atoms with Crippen LogP contribution in [0.3, 0.4) is 0 Å². The van der Waals surface area contributed by atoms with E-state index in [0.717, 1.165) is 39.2 Å². The van der Waals surface area contributed by atoms with E-state index in [-0.39, 0.29) is 0 Å². The SMILES string of the molecule is C1=Cc2ccc(-c3cc(-c4ccc(-c5cccnc5)cc4)nc(-c4ccccc4)n3)cc2C2(c3ccccc31)c1ccccc1-c1cc3ccccc3cc12. The summed E-state index contributed by atoms with van der Waals surface area (Å²) >= 11 is 0. The van der Waals surface area contributed by atoms with Crippen LogP contribution in [0.5, 0.6) is 0 Å². The number of hydrogen-bond donors (Lipinski definition) is 0. The Labute approximate surface area is 320 Å². The maximum atomic E-state index is 5.29. The van der Waals surface area contributed by atoms with Crippen LogP contribution in [0.1, 0.15) is 33.4 Å². The van der Waals surface area contributed by atoms with Crippen LogP contribution in [0, 0.1) is 0 Å². The van der Waals surface area contributed by atoms with Gasteiger partial charge in [0.15, 0.2) is 5.82 Å². The van der Waals surface area contributed by atoms with E-state index in [2.05, 4.69) is 169 Å². The highest BCUT2D eigenvalue weighted by atomic mass is 14.9. The molecule has 0 aliphatic heterocycles. The minimum Gasteiger partial charge on any atom is -0.264 e. The fourth-order valence-electron chi connectivity index (χ4n) is 8.86. The second kappa shape index (κ2) is 12.4. The fourth-order valence-corrected chi connectivity index (χ4v) is 8.86. The highest BCUT2D eigenvalue weighted by molar-refractivity contribution is 5.98. The molecule has 9 aromatic rings. The topological polar surface area (TPSA) is 38.7 Å². The number of pyridine rings is 1. The Morgan fingerprint density at radius 2 is 1.00 bits per heavy atom. The van der Waals surface area contributed by atoms with Crippen molar-refractivity contribution in [1.82, 2.24) is 15.0 Å². The molecule has 7 aromatic carbocycles. The van der Waals surface area contributed by atoms with Crippen molar-refractivity contribution in [2.75, 3.05) is 0 Å². The lowest BCUT2D eigenvalue weighted by molar-refractivity contribution is 0.767. The van der Waals surface area contributed by atoms with E-state index < -0.39 is 5.41 Å². The molecule has 0 saturated heterocycles. The number of hydrogen-bond acceptors (Lipinski definition) is 3. The predicted molar refractivity (Wildman–Crippen MR) is 225 cm³/mol. The van der Waals surface area contributed by atoms with Crippen molar-refractivity contribution in [1.29, 1.82) is 0 Å². The van der Waals surface area contributed by atoms with Crippen LogP contribution >= 0.6 is 0 Å². The predicted octanol–water partition coefficient (Wildman–Crippen LogP) is 12.5. The Balaban J connectivity index is 1.16. The number of benzene rings is 7. The van der Waals surface area contributed by atoms with Crippen molar-refractivity contribution in [3.05, 3.63) is 222 Å². The first-order chi connectivity index (χ1) is 27.2. The van der Waals surface area contributed by atoms with Crippen LogP contribution in [0.25, 0.3) is 79.1 Å². The van der Waals surface area contributed by atoms with E-state index in [1.165, 1.54) is 55.3 Å². The maximum Gasteiger partial charge on any atom is 0.160 e. The van der Waals surface area contributed by atoms with Crippen LogP contribution in [0.2, 0.25) is 0 Å². The van der Waals surface area contributed by atoms with Crippen LogP contribution in [-0.2, 0) is 5.41 Å². The van der Waals surface area contributed by atoms with Gasteiger partial charge in [-0.05, 0) is 96.7 Å². The molecule has 11 rings (SSSR count). The first-order valence-electron chi connectivity index (χ1n) is 18.7. The third-order valence-electron chi connectivity index (χ3n) is 11.4. The molecule has 0 fully saturated rings. The zero-order chi connectivity index (χ0) is 36.3. The van der Waals surface area contributed by atoms with Crippen molar-refractivity contribution < 1.29 is 0 Å². The lowest BCUT2D eigenvalue weighted by Gasteiger charge is -2.35. The summed E-state index contributed by atoms with van der Waals surface area (Å²) in [4.78, 5) is 14.8. The molecule has 55 heavy (non-hydrogen) atoms. The first kappa shape index (κ1) is 31.3. The van der Waals surface area contributed by atoms with Gasteiger partial charge < -0.3 is 0 Å². The third kappa shape index (κ3) is 4.94. The molecule has 3 nitrogen and oxygen atoms in total. The van der Waals surface area contributed by atoms with Gasteiger partial charge in [-0.3, -0.25) is 4.98 Å². The smallest absolute Gasteiger partial charge is 0.160 e. The van der Waals surface area contributed by atoms with E-state index in [1.54, 1.807) is 6.20 Å². The zero-order valence-corrected chi connectivity index (χ0v) is 29.9. The van der Waals surface area contributed by atoms with Gasteiger partial charge in [0, 0.05) is 29.1 Å². The molecular formula is C52H33N3. The Kier molecular flexibility index (Phi) is 7.08. The second-order valence-electron chi connectivity index (χ2n) is 14.4. The summed E-state index contributed by atoms with van der Waals surface area (Å²) in [5, 5.41) is 2.49. The van der Waals surface area contributed by atoms with Gasteiger partial charge in [-0.1, -0.05) is 158 Å². The number of aromatic nitrogens is 3. The number of nitrogens with zero attached hydrogens (tertiary/aromatic N) is 3. The minimum atomic E-state index is -0.554. The fraction of sp³-hybridized carbons (Fsp3) is 0.0192. The quantitative estimate of drug-likeness (QED) is 0.184. The van der Waals surface area contributed by atoms with Crippen molar-refractivity contribution in [2.24, 2.45) is 0 Å². The third-order valence-corrected chi connectivity index (χ3v) is 11.4. The summed E-state index contributed by atoms with van der Waals surface area (Å²) in [7, 11) is 0. The molecule has 3 heteroatoms. The van der Waals surface area contributed by atoms with E-state index >= 15 is 0 Å². The van der Waals surface area contributed by atoms with Crippen LogP contribution < -0.4 is 0 Å². The normalized spacial score (nSPS) is 14.9. The van der Waals surface area contributed by atoms with Gasteiger partial charge in [-0.25, -0.2) is 9.97 Å². The average molecular weight is 700 g/mol. The van der Waals surface area contributed by atoms with Gasteiger partial charge in [0.1, 0.15) is 0 Å². The summed E-state index contributed by atoms with van der Waals surface area (Å²) in [5.41, 5.74) is 16.6. The molecule has 2 aliphatic rings. The van der Waals surface area contributed by atoms with E-state index in [9.17, 15) is 0 Å². The second-order valence-corrected chi connectivity index (χ2v) is 14.4. The van der Waals surface area contributed by atoms with E-state index in [1.807, 2.05) is 30.5 Å². The van der Waals surface area contributed by atoms with Crippen molar-refractivity contribution in [3.63, 3.8) is 0 Å². The minimum absolute atomic E-state index is 0.554. The molecule has 256 valence electrons. The zero-order valence-electron chi connectivity index (χ0n) is 29.9. The summed E-state index contributed by atoms with van der Waals surface area (Å²) in [6.07, 6.45) is 8.28. The lowest BCUT2D eigenvalue weighted by Crippen LogP contribution is -2.30. The monoisotopic (exact) mass is 699 g/mol. The molecule has 0 N–H and O–H groups in total. The number of rotatable bonds is 4. The summed E-state index contributed by atoms with van der Waals surface area (Å²) < 4.78 is 0. The lowest BCUT2D eigenvalue weighted by atomic mass is 9.65. The highest BCUT2D eigenvalue weighted by Gasteiger charge is 2.48. The van der Waals surface area contributed by atoms with Crippen molar-refractivity contribution in [2.45, 2.75) is 5.41 Å². The molecule has 0 radical (unpaired) electrons. The van der Waals surface area contributed by atoms with Crippen LogP contribution in [0.4, 0.5) is 0 Å². The Bertz CT molecular complexity index is 2970. The molecule has 2 aromatic heterocycles. The van der Waals surface area contributed by atoms with Gasteiger partial charge >= 0.3 is 0 Å².